The van der Waals surface area contributed by atoms with Gasteiger partial charge in [0.05, 0.1) is 0 Å². The van der Waals surface area contributed by atoms with Gasteiger partial charge in [-0.1, -0.05) is 0 Å². The normalized spacial score (nSPS) is 14.4. The number of hydrogen-bond acceptors (Lipinski definition) is 4. The highest BCUT2D eigenvalue weighted by molar-refractivity contribution is 7.07. The number of rotatable bonds is 5. The predicted molar refractivity (Wildman–Crippen MR) is 87.3 cm³/mol. The Morgan fingerprint density at radius 3 is 3.05 bits per heavy atom. The Kier molecular flexibility index (Phi) is 3.42. The molecule has 3 aromatic rings. The minimum atomic E-state index is 0.0245. The number of anilines is 1. The van der Waals surface area contributed by atoms with Gasteiger partial charge < -0.3 is 9.73 Å². The van der Waals surface area contributed by atoms with E-state index in [1.807, 2.05) is 23.6 Å². The lowest BCUT2D eigenvalue weighted by atomic mass is 10.2. The SMILES string of the molecule is O=C(CCc1ccsc1)Nc1ccc2oc(C3CC3)nc2c1. The van der Waals surface area contributed by atoms with Crippen LogP contribution in [-0.2, 0) is 11.2 Å². The first kappa shape index (κ1) is 13.5. The number of thiophene rings is 1. The summed E-state index contributed by atoms with van der Waals surface area (Å²) in [5.41, 5.74) is 3.59. The molecule has 0 unspecified atom stereocenters. The molecule has 5 heteroatoms. The molecule has 1 N–H and O–H groups in total. The molecule has 2 aromatic heterocycles. The van der Waals surface area contributed by atoms with Gasteiger partial charge in [0.25, 0.3) is 0 Å². The number of nitrogens with one attached hydrogen (secondary N) is 1. The summed E-state index contributed by atoms with van der Waals surface area (Å²) >= 11 is 1.66. The molecule has 0 aliphatic heterocycles. The summed E-state index contributed by atoms with van der Waals surface area (Å²) in [6, 6.07) is 7.68. The number of aromatic nitrogens is 1. The first-order valence-electron chi connectivity index (χ1n) is 7.49. The quantitative estimate of drug-likeness (QED) is 0.762. The Morgan fingerprint density at radius 1 is 1.36 bits per heavy atom. The molecular weight excluding hydrogens is 296 g/mol. The third-order valence-corrected chi connectivity index (χ3v) is 4.57. The maximum atomic E-state index is 12.0. The van der Waals surface area contributed by atoms with Crippen molar-refractivity contribution in [2.75, 3.05) is 5.32 Å². The second kappa shape index (κ2) is 5.57. The largest absolute Gasteiger partial charge is 0.440 e. The second-order valence-corrected chi connectivity index (χ2v) is 6.47. The number of nitrogens with zero attached hydrogens (tertiary/aromatic N) is 1. The van der Waals surface area contributed by atoms with Crippen molar-refractivity contribution >= 4 is 34.0 Å². The lowest BCUT2D eigenvalue weighted by Gasteiger charge is -2.04. The van der Waals surface area contributed by atoms with Crippen LogP contribution in [0.1, 0.15) is 36.6 Å². The number of aryl methyl sites for hydroxylation is 1. The summed E-state index contributed by atoms with van der Waals surface area (Å²) in [7, 11) is 0. The van der Waals surface area contributed by atoms with Crippen LogP contribution in [0.3, 0.4) is 0 Å². The summed E-state index contributed by atoms with van der Waals surface area (Å²) in [6.45, 7) is 0. The highest BCUT2D eigenvalue weighted by atomic mass is 32.1. The van der Waals surface area contributed by atoms with E-state index in [2.05, 4.69) is 21.7 Å². The van der Waals surface area contributed by atoms with E-state index in [0.717, 1.165) is 29.1 Å². The number of benzene rings is 1. The zero-order valence-electron chi connectivity index (χ0n) is 12.0. The first-order chi connectivity index (χ1) is 10.8. The summed E-state index contributed by atoms with van der Waals surface area (Å²) in [6.07, 6.45) is 3.59. The highest BCUT2D eigenvalue weighted by Gasteiger charge is 2.28. The van der Waals surface area contributed by atoms with Gasteiger partial charge in [-0.2, -0.15) is 11.3 Å². The van der Waals surface area contributed by atoms with Crippen molar-refractivity contribution in [3.63, 3.8) is 0 Å². The summed E-state index contributed by atoms with van der Waals surface area (Å²) in [5.74, 6) is 1.35. The monoisotopic (exact) mass is 312 g/mol. The molecule has 1 aromatic carbocycles. The van der Waals surface area contributed by atoms with Crippen molar-refractivity contribution in [1.29, 1.82) is 0 Å². The number of carbonyl (C=O) groups is 1. The Hall–Kier alpha value is -2.14. The Morgan fingerprint density at radius 2 is 2.27 bits per heavy atom. The fourth-order valence-corrected chi connectivity index (χ4v) is 3.15. The highest BCUT2D eigenvalue weighted by Crippen LogP contribution is 2.40. The second-order valence-electron chi connectivity index (χ2n) is 5.69. The number of fused-ring (bicyclic) bond motifs is 1. The van der Waals surface area contributed by atoms with Crippen LogP contribution in [0.5, 0.6) is 0 Å². The van der Waals surface area contributed by atoms with Crippen LogP contribution in [0.4, 0.5) is 5.69 Å². The number of oxazole rings is 1. The Balaban J connectivity index is 1.43. The van der Waals surface area contributed by atoms with E-state index < -0.39 is 0 Å². The molecular formula is C17H16N2O2S. The summed E-state index contributed by atoms with van der Waals surface area (Å²) in [5, 5.41) is 7.04. The van der Waals surface area contributed by atoms with E-state index >= 15 is 0 Å². The lowest BCUT2D eigenvalue weighted by molar-refractivity contribution is -0.116. The van der Waals surface area contributed by atoms with Crippen LogP contribution in [0.2, 0.25) is 0 Å². The van der Waals surface area contributed by atoms with Gasteiger partial charge in [0.15, 0.2) is 11.5 Å². The van der Waals surface area contributed by atoms with Crippen LogP contribution in [0.15, 0.2) is 39.4 Å². The van der Waals surface area contributed by atoms with Crippen LogP contribution >= 0.6 is 11.3 Å². The molecule has 4 nitrogen and oxygen atoms in total. The van der Waals surface area contributed by atoms with Crippen molar-refractivity contribution in [1.82, 2.24) is 4.98 Å². The summed E-state index contributed by atoms with van der Waals surface area (Å²) in [4.78, 5) is 16.5. The van der Waals surface area contributed by atoms with E-state index in [9.17, 15) is 4.79 Å². The van der Waals surface area contributed by atoms with Crippen molar-refractivity contribution in [2.45, 2.75) is 31.6 Å². The van der Waals surface area contributed by atoms with Gasteiger partial charge >= 0.3 is 0 Å². The van der Waals surface area contributed by atoms with Gasteiger partial charge in [-0.25, -0.2) is 4.98 Å². The van der Waals surface area contributed by atoms with E-state index in [-0.39, 0.29) is 5.91 Å². The molecule has 4 rings (SSSR count). The van der Waals surface area contributed by atoms with Crippen molar-refractivity contribution in [3.8, 4) is 0 Å². The van der Waals surface area contributed by atoms with E-state index in [1.165, 1.54) is 18.4 Å². The minimum Gasteiger partial charge on any atom is -0.440 e. The molecule has 0 saturated heterocycles. The number of carbonyl (C=O) groups excluding carboxylic acids is 1. The van der Waals surface area contributed by atoms with Gasteiger partial charge in [0.1, 0.15) is 5.52 Å². The lowest BCUT2D eigenvalue weighted by Crippen LogP contribution is -2.12. The summed E-state index contributed by atoms with van der Waals surface area (Å²) < 4.78 is 5.73. The Bertz CT molecular complexity index is 803. The van der Waals surface area contributed by atoms with Gasteiger partial charge in [-0.05, 0) is 59.9 Å². The maximum Gasteiger partial charge on any atom is 0.224 e. The zero-order chi connectivity index (χ0) is 14.9. The fourth-order valence-electron chi connectivity index (χ4n) is 2.44. The van der Waals surface area contributed by atoms with E-state index in [0.29, 0.717) is 12.3 Å². The van der Waals surface area contributed by atoms with Crippen LogP contribution in [-0.4, -0.2) is 10.9 Å². The third kappa shape index (κ3) is 2.90. The number of hydrogen-bond donors (Lipinski definition) is 1. The topological polar surface area (TPSA) is 55.1 Å². The molecule has 1 saturated carbocycles. The minimum absolute atomic E-state index is 0.0245. The molecule has 1 aliphatic carbocycles. The standard InChI is InChI=1S/C17H16N2O2S/c20-16(6-1-11-7-8-22-10-11)18-13-4-5-15-14(9-13)19-17(21-15)12-2-3-12/h4-5,7-10,12H,1-3,6H2,(H,18,20). The Labute approximate surface area is 132 Å². The zero-order valence-corrected chi connectivity index (χ0v) is 12.9. The molecule has 0 radical (unpaired) electrons. The molecule has 1 amide bonds. The molecule has 1 aliphatic rings. The van der Waals surface area contributed by atoms with Crippen molar-refractivity contribution in [2.24, 2.45) is 0 Å². The van der Waals surface area contributed by atoms with Gasteiger partial charge in [-0.15, -0.1) is 0 Å². The van der Waals surface area contributed by atoms with Crippen LogP contribution < -0.4 is 5.32 Å². The molecule has 2 heterocycles. The number of amides is 1. The molecule has 112 valence electrons. The average molecular weight is 312 g/mol. The molecule has 0 atom stereocenters. The molecule has 0 spiro atoms. The van der Waals surface area contributed by atoms with E-state index in [4.69, 9.17) is 4.42 Å². The molecule has 1 fully saturated rings. The van der Waals surface area contributed by atoms with Crippen molar-refractivity contribution in [3.05, 3.63) is 46.5 Å². The first-order valence-corrected chi connectivity index (χ1v) is 8.43. The average Bonchev–Trinajstić information content (AvgIpc) is 3.08. The van der Waals surface area contributed by atoms with Gasteiger partial charge in [-0.3, -0.25) is 4.79 Å². The van der Waals surface area contributed by atoms with Gasteiger partial charge in [0, 0.05) is 18.0 Å². The molecule has 22 heavy (non-hydrogen) atoms. The maximum absolute atomic E-state index is 12.0. The molecule has 0 bridgehead atoms. The smallest absolute Gasteiger partial charge is 0.224 e. The van der Waals surface area contributed by atoms with E-state index in [1.54, 1.807) is 11.3 Å². The third-order valence-electron chi connectivity index (χ3n) is 3.84. The van der Waals surface area contributed by atoms with Gasteiger partial charge in [0.2, 0.25) is 5.91 Å². The van der Waals surface area contributed by atoms with Crippen LogP contribution in [0, 0.1) is 0 Å². The predicted octanol–water partition coefficient (Wildman–Crippen LogP) is 4.34. The van der Waals surface area contributed by atoms with Crippen molar-refractivity contribution < 1.29 is 9.21 Å². The van der Waals surface area contributed by atoms with Crippen LogP contribution in [0.25, 0.3) is 11.1 Å². The fraction of sp³-hybridized carbons (Fsp3) is 0.294.